The summed E-state index contributed by atoms with van der Waals surface area (Å²) >= 11 is 1.83. The van der Waals surface area contributed by atoms with Crippen LogP contribution in [0.2, 0.25) is 0 Å². The first-order valence-electron chi connectivity index (χ1n) is 6.10. The Hall–Kier alpha value is -0.220. The average Bonchev–Trinajstić information content (AvgIpc) is 2.80. The lowest BCUT2D eigenvalue weighted by molar-refractivity contribution is -0.143. The van der Waals surface area contributed by atoms with Crippen molar-refractivity contribution in [2.75, 3.05) is 19.1 Å². The first kappa shape index (κ1) is 13.8. The molecular weight excluding hydrogens is 222 g/mol. The highest BCUT2D eigenvalue weighted by molar-refractivity contribution is 7.98. The van der Waals surface area contributed by atoms with Crippen molar-refractivity contribution in [1.29, 1.82) is 0 Å². The van der Waals surface area contributed by atoms with Gasteiger partial charge in [0, 0.05) is 6.04 Å². The molecule has 4 heteroatoms. The summed E-state index contributed by atoms with van der Waals surface area (Å²) in [5, 5.41) is 3.44. The first-order valence-corrected chi connectivity index (χ1v) is 7.50. The highest BCUT2D eigenvalue weighted by atomic mass is 32.2. The summed E-state index contributed by atoms with van der Waals surface area (Å²) in [6.45, 7) is 0. The molecule has 0 saturated heterocycles. The van der Waals surface area contributed by atoms with Crippen LogP contribution in [0.5, 0.6) is 0 Å². The minimum atomic E-state index is -0.104. The van der Waals surface area contributed by atoms with Gasteiger partial charge in [-0.15, -0.1) is 0 Å². The van der Waals surface area contributed by atoms with E-state index in [1.165, 1.54) is 32.8 Å². The van der Waals surface area contributed by atoms with Crippen molar-refractivity contribution in [3.05, 3.63) is 0 Å². The van der Waals surface area contributed by atoms with Crippen molar-refractivity contribution >= 4 is 17.7 Å². The average molecular weight is 245 g/mol. The van der Waals surface area contributed by atoms with E-state index in [1.54, 1.807) is 0 Å². The van der Waals surface area contributed by atoms with Gasteiger partial charge < -0.3 is 10.1 Å². The molecule has 16 heavy (non-hydrogen) atoms. The Kier molecular flexibility index (Phi) is 6.88. The van der Waals surface area contributed by atoms with Crippen LogP contribution in [-0.4, -0.2) is 37.2 Å². The van der Waals surface area contributed by atoms with E-state index in [9.17, 15) is 4.79 Å². The monoisotopic (exact) mass is 245 g/mol. The van der Waals surface area contributed by atoms with Crippen molar-refractivity contribution in [2.45, 2.75) is 50.6 Å². The van der Waals surface area contributed by atoms with Gasteiger partial charge in [0.05, 0.1) is 7.11 Å². The van der Waals surface area contributed by atoms with Gasteiger partial charge in [-0.05, 0) is 37.7 Å². The number of thioether (sulfide) groups is 1. The zero-order valence-corrected chi connectivity index (χ0v) is 11.1. The fourth-order valence-electron chi connectivity index (χ4n) is 2.22. The molecule has 0 aromatic rings. The topological polar surface area (TPSA) is 38.3 Å². The van der Waals surface area contributed by atoms with Crippen LogP contribution >= 0.6 is 11.8 Å². The van der Waals surface area contributed by atoms with E-state index in [0.717, 1.165) is 18.6 Å². The largest absolute Gasteiger partial charge is 0.468 e. The minimum absolute atomic E-state index is 0.0970. The molecule has 0 bridgehead atoms. The van der Waals surface area contributed by atoms with Crippen LogP contribution in [0, 0.1) is 0 Å². The van der Waals surface area contributed by atoms with E-state index in [2.05, 4.69) is 11.6 Å². The predicted molar refractivity (Wildman–Crippen MR) is 68.8 cm³/mol. The fraction of sp³-hybridized carbons (Fsp3) is 0.917. The Morgan fingerprint density at radius 2 is 2.19 bits per heavy atom. The maximum atomic E-state index is 11.6. The van der Waals surface area contributed by atoms with Crippen molar-refractivity contribution < 1.29 is 9.53 Å². The molecule has 0 aromatic carbocycles. The molecule has 1 N–H and O–H groups in total. The third-order valence-corrected chi connectivity index (χ3v) is 3.82. The fourth-order valence-corrected chi connectivity index (χ4v) is 2.68. The second-order valence-corrected chi connectivity index (χ2v) is 5.34. The summed E-state index contributed by atoms with van der Waals surface area (Å²) in [5.41, 5.74) is 0. The molecule has 0 aliphatic heterocycles. The van der Waals surface area contributed by atoms with E-state index in [4.69, 9.17) is 4.74 Å². The Morgan fingerprint density at radius 1 is 1.50 bits per heavy atom. The van der Waals surface area contributed by atoms with Crippen LogP contribution in [0.4, 0.5) is 0 Å². The molecule has 1 saturated carbocycles. The number of esters is 1. The third kappa shape index (κ3) is 4.74. The number of ether oxygens (including phenoxy) is 1. The molecule has 0 radical (unpaired) electrons. The van der Waals surface area contributed by atoms with Gasteiger partial charge in [0.1, 0.15) is 6.04 Å². The van der Waals surface area contributed by atoms with Gasteiger partial charge in [-0.3, -0.25) is 4.79 Å². The Bertz CT molecular complexity index is 205. The highest BCUT2D eigenvalue weighted by Crippen LogP contribution is 2.19. The van der Waals surface area contributed by atoms with E-state index in [-0.39, 0.29) is 12.0 Å². The molecule has 0 aromatic heterocycles. The summed E-state index contributed by atoms with van der Waals surface area (Å²) in [4.78, 5) is 11.6. The van der Waals surface area contributed by atoms with Gasteiger partial charge in [-0.25, -0.2) is 0 Å². The van der Waals surface area contributed by atoms with Crippen LogP contribution in [0.15, 0.2) is 0 Å². The van der Waals surface area contributed by atoms with Gasteiger partial charge in [-0.2, -0.15) is 11.8 Å². The highest BCUT2D eigenvalue weighted by Gasteiger charge is 2.24. The number of carbonyl (C=O) groups is 1. The normalized spacial score (nSPS) is 18.6. The Labute approximate surface area is 103 Å². The van der Waals surface area contributed by atoms with Crippen molar-refractivity contribution in [1.82, 2.24) is 5.32 Å². The number of hydrogen-bond acceptors (Lipinski definition) is 4. The number of methoxy groups -OCH3 is 1. The molecule has 0 spiro atoms. The third-order valence-electron chi connectivity index (χ3n) is 3.12. The standard InChI is InChI=1S/C12H23NO2S/c1-15-12(14)11(8-5-9-16-2)13-10-6-3-4-7-10/h10-11,13H,3-9H2,1-2H3. The summed E-state index contributed by atoms with van der Waals surface area (Å²) < 4.78 is 4.85. The van der Waals surface area contributed by atoms with Gasteiger partial charge in [0.25, 0.3) is 0 Å². The molecule has 3 nitrogen and oxygen atoms in total. The van der Waals surface area contributed by atoms with Crippen LogP contribution in [0.3, 0.4) is 0 Å². The van der Waals surface area contributed by atoms with Crippen LogP contribution < -0.4 is 5.32 Å². The summed E-state index contributed by atoms with van der Waals surface area (Å²) in [5.74, 6) is 1.01. The van der Waals surface area contributed by atoms with Gasteiger partial charge in [-0.1, -0.05) is 12.8 Å². The molecule has 1 aliphatic carbocycles. The number of carbonyl (C=O) groups excluding carboxylic acids is 1. The smallest absolute Gasteiger partial charge is 0.322 e. The number of nitrogens with one attached hydrogen (secondary N) is 1. The number of hydrogen-bond donors (Lipinski definition) is 1. The summed E-state index contributed by atoms with van der Waals surface area (Å²) in [6, 6.07) is 0.429. The molecule has 94 valence electrons. The van der Waals surface area contributed by atoms with Crippen LogP contribution in [0.1, 0.15) is 38.5 Å². The second-order valence-electron chi connectivity index (χ2n) is 4.36. The van der Waals surface area contributed by atoms with Crippen LogP contribution in [-0.2, 0) is 9.53 Å². The predicted octanol–water partition coefficient (Wildman–Crippen LogP) is 2.20. The molecule has 1 fully saturated rings. The SMILES string of the molecule is COC(=O)C(CCCSC)NC1CCCC1. The molecule has 1 atom stereocenters. The van der Waals surface area contributed by atoms with E-state index < -0.39 is 0 Å². The van der Waals surface area contributed by atoms with E-state index in [1.807, 2.05) is 11.8 Å². The van der Waals surface area contributed by atoms with Gasteiger partial charge in [0.15, 0.2) is 0 Å². The molecule has 0 amide bonds. The summed E-state index contributed by atoms with van der Waals surface area (Å²) in [6.07, 6.45) is 9.04. The Morgan fingerprint density at radius 3 is 2.75 bits per heavy atom. The van der Waals surface area contributed by atoms with E-state index in [0.29, 0.717) is 6.04 Å². The van der Waals surface area contributed by atoms with Gasteiger partial charge >= 0.3 is 5.97 Å². The maximum Gasteiger partial charge on any atom is 0.322 e. The summed E-state index contributed by atoms with van der Waals surface area (Å²) in [7, 11) is 1.47. The zero-order valence-electron chi connectivity index (χ0n) is 10.3. The van der Waals surface area contributed by atoms with Crippen LogP contribution in [0.25, 0.3) is 0 Å². The van der Waals surface area contributed by atoms with Crippen molar-refractivity contribution in [2.24, 2.45) is 0 Å². The lowest BCUT2D eigenvalue weighted by Crippen LogP contribution is -2.42. The maximum absolute atomic E-state index is 11.6. The quantitative estimate of drug-likeness (QED) is 0.551. The first-order chi connectivity index (χ1) is 7.77. The van der Waals surface area contributed by atoms with Crippen molar-refractivity contribution in [3.8, 4) is 0 Å². The minimum Gasteiger partial charge on any atom is -0.468 e. The molecule has 0 heterocycles. The molecule has 1 aliphatic rings. The molecule has 1 unspecified atom stereocenters. The second kappa shape index (κ2) is 7.96. The zero-order chi connectivity index (χ0) is 11.8. The van der Waals surface area contributed by atoms with E-state index >= 15 is 0 Å². The lowest BCUT2D eigenvalue weighted by atomic mass is 10.1. The van der Waals surface area contributed by atoms with Crippen molar-refractivity contribution in [3.63, 3.8) is 0 Å². The Balaban J connectivity index is 2.33. The number of rotatable bonds is 7. The molecule has 1 rings (SSSR count). The molecular formula is C12H23NO2S. The van der Waals surface area contributed by atoms with Gasteiger partial charge in [0.2, 0.25) is 0 Å². The lowest BCUT2D eigenvalue weighted by Gasteiger charge is -2.20.